The molecule has 1 N–H and O–H groups in total. The molecule has 1 aromatic carbocycles. The van der Waals surface area contributed by atoms with Crippen LogP contribution < -0.4 is 14.9 Å². The van der Waals surface area contributed by atoms with Gasteiger partial charge >= 0.3 is 0 Å². The molecule has 0 aliphatic heterocycles. The molecule has 0 saturated heterocycles. The fourth-order valence-electron chi connectivity index (χ4n) is 1.56. The summed E-state index contributed by atoms with van der Waals surface area (Å²) in [6.07, 6.45) is 3.10. The number of ether oxygens (including phenoxy) is 2. The second-order valence-corrected chi connectivity index (χ2v) is 5.05. The fraction of sp³-hybridized carbons (Fsp3) is 0.133. The van der Waals surface area contributed by atoms with Crippen LogP contribution in [0.15, 0.2) is 52.2 Å². The smallest absolute Gasteiger partial charge is 0.277 e. The average molecular weight is 364 g/mol. The van der Waals surface area contributed by atoms with Gasteiger partial charge < -0.3 is 9.47 Å². The van der Waals surface area contributed by atoms with Crippen LogP contribution in [0.25, 0.3) is 0 Å². The lowest BCUT2D eigenvalue weighted by Gasteiger charge is -2.09. The number of amides is 1. The summed E-state index contributed by atoms with van der Waals surface area (Å²) in [7, 11) is 1.53. The third kappa shape index (κ3) is 4.85. The largest absolute Gasteiger partial charge is 0.493 e. The first kappa shape index (κ1) is 16.0. The molecule has 114 valence electrons. The first-order chi connectivity index (χ1) is 10.7. The Morgan fingerprint density at radius 3 is 2.95 bits per heavy atom. The molecule has 7 heteroatoms. The van der Waals surface area contributed by atoms with Crippen molar-refractivity contribution in [2.24, 2.45) is 5.10 Å². The summed E-state index contributed by atoms with van der Waals surface area (Å²) in [6.45, 7) is -0.169. The Hall–Kier alpha value is -2.41. The zero-order valence-electron chi connectivity index (χ0n) is 11.8. The van der Waals surface area contributed by atoms with Crippen LogP contribution >= 0.6 is 15.9 Å². The van der Waals surface area contributed by atoms with E-state index in [1.165, 1.54) is 13.3 Å². The number of carbonyl (C=O) groups excluding carboxylic acids is 1. The van der Waals surface area contributed by atoms with Crippen LogP contribution in [0.5, 0.6) is 11.5 Å². The van der Waals surface area contributed by atoms with Gasteiger partial charge in [-0.05, 0) is 30.3 Å². The number of hydrogen-bond donors (Lipinski definition) is 1. The van der Waals surface area contributed by atoms with Gasteiger partial charge in [0.15, 0.2) is 18.1 Å². The second kappa shape index (κ2) is 8.14. The number of hydrogen-bond acceptors (Lipinski definition) is 5. The quantitative estimate of drug-likeness (QED) is 0.631. The fourth-order valence-corrected chi connectivity index (χ4v) is 1.90. The number of aromatic nitrogens is 1. The number of nitrogens with zero attached hydrogens (tertiary/aromatic N) is 2. The molecule has 0 radical (unpaired) electrons. The average Bonchev–Trinajstić information content (AvgIpc) is 2.54. The third-order valence-corrected chi connectivity index (χ3v) is 3.05. The van der Waals surface area contributed by atoms with Crippen molar-refractivity contribution in [3.05, 3.63) is 52.8 Å². The number of carbonyl (C=O) groups is 1. The topological polar surface area (TPSA) is 72.8 Å². The summed E-state index contributed by atoms with van der Waals surface area (Å²) in [5.41, 5.74) is 3.02. The molecule has 0 aliphatic carbocycles. The van der Waals surface area contributed by atoms with Crippen LogP contribution in [0.1, 0.15) is 5.69 Å². The Balaban J connectivity index is 1.84. The van der Waals surface area contributed by atoms with Gasteiger partial charge in [0.05, 0.1) is 19.0 Å². The van der Waals surface area contributed by atoms with E-state index in [0.29, 0.717) is 17.2 Å². The molecule has 1 heterocycles. The highest BCUT2D eigenvalue weighted by molar-refractivity contribution is 9.10. The van der Waals surface area contributed by atoms with Gasteiger partial charge in [-0.15, -0.1) is 0 Å². The number of hydrazone groups is 1. The zero-order valence-corrected chi connectivity index (χ0v) is 13.4. The van der Waals surface area contributed by atoms with Gasteiger partial charge in [-0.25, -0.2) is 5.43 Å². The molecule has 2 aromatic rings. The summed E-state index contributed by atoms with van der Waals surface area (Å²) in [5, 5.41) is 3.80. The predicted molar refractivity (Wildman–Crippen MR) is 86.2 cm³/mol. The molecule has 1 aromatic heterocycles. The zero-order chi connectivity index (χ0) is 15.8. The van der Waals surface area contributed by atoms with E-state index in [-0.39, 0.29) is 12.5 Å². The first-order valence-corrected chi connectivity index (χ1v) is 7.17. The van der Waals surface area contributed by atoms with Crippen molar-refractivity contribution < 1.29 is 14.3 Å². The summed E-state index contributed by atoms with van der Waals surface area (Å²) in [4.78, 5) is 15.7. The molecule has 0 bridgehead atoms. The number of pyridine rings is 1. The van der Waals surface area contributed by atoms with E-state index in [9.17, 15) is 4.79 Å². The number of nitrogens with one attached hydrogen (secondary N) is 1. The highest BCUT2D eigenvalue weighted by Crippen LogP contribution is 2.29. The van der Waals surface area contributed by atoms with Crippen molar-refractivity contribution in [3.8, 4) is 11.5 Å². The Kier molecular flexibility index (Phi) is 5.91. The minimum atomic E-state index is -0.378. The third-order valence-electron chi connectivity index (χ3n) is 2.56. The van der Waals surface area contributed by atoms with Crippen LogP contribution in [0.2, 0.25) is 0 Å². The van der Waals surface area contributed by atoms with Crippen LogP contribution in [-0.4, -0.2) is 30.8 Å². The highest BCUT2D eigenvalue weighted by atomic mass is 79.9. The van der Waals surface area contributed by atoms with Crippen LogP contribution in [0, 0.1) is 0 Å². The van der Waals surface area contributed by atoms with E-state index in [1.807, 2.05) is 6.07 Å². The van der Waals surface area contributed by atoms with Crippen LogP contribution in [0.4, 0.5) is 0 Å². The molecule has 0 atom stereocenters. The van der Waals surface area contributed by atoms with Crippen molar-refractivity contribution in [1.82, 2.24) is 10.4 Å². The molecule has 0 aliphatic rings. The highest BCUT2D eigenvalue weighted by Gasteiger charge is 2.07. The Morgan fingerprint density at radius 1 is 1.36 bits per heavy atom. The van der Waals surface area contributed by atoms with Gasteiger partial charge in [0.1, 0.15) is 0 Å². The lowest BCUT2D eigenvalue weighted by Crippen LogP contribution is -2.24. The van der Waals surface area contributed by atoms with E-state index < -0.39 is 0 Å². The van der Waals surface area contributed by atoms with Gasteiger partial charge in [0, 0.05) is 10.7 Å². The molecule has 0 saturated carbocycles. The number of rotatable bonds is 6. The van der Waals surface area contributed by atoms with Gasteiger partial charge in [-0.1, -0.05) is 22.0 Å². The summed E-state index contributed by atoms with van der Waals surface area (Å²) < 4.78 is 11.4. The van der Waals surface area contributed by atoms with Gasteiger partial charge in [-0.2, -0.15) is 5.10 Å². The monoisotopic (exact) mass is 363 g/mol. The second-order valence-electron chi connectivity index (χ2n) is 4.13. The Bertz CT molecular complexity index is 662. The number of halogens is 1. The Morgan fingerprint density at radius 2 is 2.23 bits per heavy atom. The maximum atomic E-state index is 11.7. The van der Waals surface area contributed by atoms with Gasteiger partial charge in [0.25, 0.3) is 5.91 Å². The minimum absolute atomic E-state index is 0.169. The maximum absolute atomic E-state index is 11.7. The SMILES string of the molecule is COc1cc(Br)ccc1OCC(=O)N/N=C\c1ccccn1. The minimum Gasteiger partial charge on any atom is -0.493 e. The molecule has 0 unspecified atom stereocenters. The molecule has 0 spiro atoms. The van der Waals surface area contributed by atoms with Crippen molar-refractivity contribution in [3.63, 3.8) is 0 Å². The molecule has 6 nitrogen and oxygen atoms in total. The summed E-state index contributed by atoms with van der Waals surface area (Å²) in [5.74, 6) is 0.644. The normalized spacial score (nSPS) is 10.5. The lowest BCUT2D eigenvalue weighted by molar-refractivity contribution is -0.123. The predicted octanol–water partition coefficient (Wildman–Crippen LogP) is 2.38. The van der Waals surface area contributed by atoms with Crippen LogP contribution in [-0.2, 0) is 4.79 Å². The molecular weight excluding hydrogens is 350 g/mol. The van der Waals surface area contributed by atoms with E-state index >= 15 is 0 Å². The van der Waals surface area contributed by atoms with E-state index in [1.54, 1.807) is 36.5 Å². The van der Waals surface area contributed by atoms with E-state index in [0.717, 1.165) is 4.47 Å². The van der Waals surface area contributed by atoms with Crippen molar-refractivity contribution >= 4 is 28.1 Å². The van der Waals surface area contributed by atoms with Gasteiger partial charge in [0.2, 0.25) is 0 Å². The maximum Gasteiger partial charge on any atom is 0.277 e. The first-order valence-electron chi connectivity index (χ1n) is 6.38. The van der Waals surface area contributed by atoms with E-state index in [4.69, 9.17) is 9.47 Å². The molecule has 1 amide bonds. The Labute approximate surface area is 136 Å². The summed E-state index contributed by atoms with van der Waals surface area (Å²) in [6, 6.07) is 10.7. The van der Waals surface area contributed by atoms with Crippen molar-refractivity contribution in [2.75, 3.05) is 13.7 Å². The number of benzene rings is 1. The molecule has 22 heavy (non-hydrogen) atoms. The molecule has 2 rings (SSSR count). The standard InChI is InChI=1S/C15H14BrN3O3/c1-21-14-8-11(16)5-6-13(14)22-10-15(20)19-18-9-12-4-2-3-7-17-12/h2-9H,10H2,1H3,(H,19,20)/b18-9-. The van der Waals surface area contributed by atoms with Crippen molar-refractivity contribution in [1.29, 1.82) is 0 Å². The van der Waals surface area contributed by atoms with E-state index in [2.05, 4.69) is 31.4 Å². The summed E-state index contributed by atoms with van der Waals surface area (Å²) >= 11 is 3.33. The van der Waals surface area contributed by atoms with Gasteiger partial charge in [-0.3, -0.25) is 9.78 Å². The molecular formula is C15H14BrN3O3. The van der Waals surface area contributed by atoms with Crippen LogP contribution in [0.3, 0.4) is 0 Å². The molecule has 0 fully saturated rings. The van der Waals surface area contributed by atoms with Crippen molar-refractivity contribution in [2.45, 2.75) is 0 Å². The number of methoxy groups -OCH3 is 1. The lowest BCUT2D eigenvalue weighted by atomic mass is 10.3.